The van der Waals surface area contributed by atoms with Gasteiger partial charge < -0.3 is 4.90 Å². The largest absolute Gasteiger partial charge is 0.416 e. The smallest absolute Gasteiger partial charge is 0.314 e. The molecule has 0 radical (unpaired) electrons. The summed E-state index contributed by atoms with van der Waals surface area (Å²) in [6.07, 6.45) is -4.51. The summed E-state index contributed by atoms with van der Waals surface area (Å²) in [4.78, 5) is 25.6. The van der Waals surface area contributed by atoms with Crippen molar-refractivity contribution in [2.24, 2.45) is 5.10 Å². The zero-order chi connectivity index (χ0) is 22.1. The van der Waals surface area contributed by atoms with E-state index in [4.69, 9.17) is 0 Å². The van der Waals surface area contributed by atoms with E-state index >= 15 is 0 Å². The second-order valence-corrected chi connectivity index (χ2v) is 6.62. The molecule has 0 N–H and O–H groups in total. The summed E-state index contributed by atoms with van der Waals surface area (Å²) in [5, 5.41) is 4.85. The number of hydrogen-bond donors (Lipinski definition) is 0. The Labute approximate surface area is 168 Å². The highest BCUT2D eigenvalue weighted by Gasteiger charge is 2.31. The lowest BCUT2D eigenvalue weighted by Crippen LogP contribution is -2.41. The first-order chi connectivity index (χ1) is 14.1. The highest BCUT2D eigenvalue weighted by atomic mass is 19.4. The van der Waals surface area contributed by atoms with Crippen molar-refractivity contribution in [3.8, 4) is 0 Å². The number of carbonyl (C=O) groups is 2. The molecule has 30 heavy (non-hydrogen) atoms. The van der Waals surface area contributed by atoms with Gasteiger partial charge in [0.15, 0.2) is 0 Å². The Hall–Kier alpha value is -3.30. The fourth-order valence-electron chi connectivity index (χ4n) is 2.91. The number of nitrogens with zero attached hydrogens (tertiary/aromatic N) is 3. The summed E-state index contributed by atoms with van der Waals surface area (Å²) < 4.78 is 65.8. The molecular formula is C20H16F5N3O2. The van der Waals surface area contributed by atoms with Crippen molar-refractivity contribution in [1.29, 1.82) is 0 Å². The highest BCUT2D eigenvalue weighted by molar-refractivity contribution is 6.05. The van der Waals surface area contributed by atoms with Gasteiger partial charge >= 0.3 is 6.18 Å². The van der Waals surface area contributed by atoms with Gasteiger partial charge in [0.05, 0.1) is 11.3 Å². The zero-order valence-electron chi connectivity index (χ0n) is 15.7. The first kappa shape index (κ1) is 21.4. The van der Waals surface area contributed by atoms with E-state index in [1.54, 1.807) is 0 Å². The molecule has 1 aliphatic rings. The van der Waals surface area contributed by atoms with Crippen LogP contribution in [0.4, 0.5) is 27.6 Å². The predicted octanol–water partition coefficient (Wildman–Crippen LogP) is 3.97. The summed E-state index contributed by atoms with van der Waals surface area (Å²) >= 11 is 0. The van der Waals surface area contributed by atoms with Crippen molar-refractivity contribution in [2.45, 2.75) is 19.0 Å². The number of rotatable bonds is 4. The Balaban J connectivity index is 1.80. The molecule has 0 atom stereocenters. The number of benzene rings is 2. The van der Waals surface area contributed by atoms with Crippen molar-refractivity contribution in [2.75, 3.05) is 18.5 Å². The van der Waals surface area contributed by atoms with Gasteiger partial charge in [-0.15, -0.1) is 0 Å². The van der Waals surface area contributed by atoms with Crippen LogP contribution in [0.5, 0.6) is 0 Å². The van der Waals surface area contributed by atoms with Crippen LogP contribution in [-0.4, -0.2) is 36.1 Å². The maximum Gasteiger partial charge on any atom is 0.416 e. The predicted molar refractivity (Wildman–Crippen MR) is 98.7 cm³/mol. The molecule has 0 unspecified atom stereocenters. The van der Waals surface area contributed by atoms with E-state index in [1.807, 2.05) is 0 Å². The van der Waals surface area contributed by atoms with E-state index < -0.39 is 41.7 Å². The number of hydrogen-bond acceptors (Lipinski definition) is 3. The third kappa shape index (κ3) is 4.64. The lowest BCUT2D eigenvalue weighted by molar-refractivity contribution is -0.137. The van der Waals surface area contributed by atoms with Gasteiger partial charge in [-0.3, -0.25) is 9.59 Å². The Morgan fingerprint density at radius 3 is 2.53 bits per heavy atom. The number of alkyl halides is 3. The number of hydrazone groups is 1. The molecule has 10 heteroatoms. The maximum absolute atomic E-state index is 14.0. The van der Waals surface area contributed by atoms with Crippen molar-refractivity contribution >= 4 is 23.2 Å². The molecule has 1 heterocycles. The topological polar surface area (TPSA) is 53.0 Å². The summed E-state index contributed by atoms with van der Waals surface area (Å²) in [5.41, 5.74) is -0.747. The minimum atomic E-state index is -4.57. The summed E-state index contributed by atoms with van der Waals surface area (Å²) in [6, 6.07) is 7.12. The van der Waals surface area contributed by atoms with E-state index in [0.717, 1.165) is 28.1 Å². The third-order valence-electron chi connectivity index (χ3n) is 4.57. The van der Waals surface area contributed by atoms with Gasteiger partial charge in [-0.1, -0.05) is 6.07 Å². The number of anilines is 1. The molecule has 2 aromatic rings. The van der Waals surface area contributed by atoms with E-state index in [0.29, 0.717) is 6.07 Å². The molecule has 0 saturated heterocycles. The minimum Gasteiger partial charge on any atom is -0.314 e. The lowest BCUT2D eigenvalue weighted by Gasteiger charge is -2.26. The van der Waals surface area contributed by atoms with Gasteiger partial charge in [0, 0.05) is 37.2 Å². The molecule has 2 aromatic carbocycles. The lowest BCUT2D eigenvalue weighted by atomic mass is 10.0. The van der Waals surface area contributed by atoms with Crippen molar-refractivity contribution in [3.05, 3.63) is 65.2 Å². The van der Waals surface area contributed by atoms with Gasteiger partial charge in [0.2, 0.25) is 11.8 Å². The van der Waals surface area contributed by atoms with Gasteiger partial charge in [-0.2, -0.15) is 18.3 Å². The van der Waals surface area contributed by atoms with Gasteiger partial charge in [0.1, 0.15) is 18.2 Å². The van der Waals surface area contributed by atoms with Crippen LogP contribution in [0.15, 0.2) is 47.6 Å². The molecule has 2 amide bonds. The van der Waals surface area contributed by atoms with Crippen molar-refractivity contribution < 1.29 is 31.5 Å². The van der Waals surface area contributed by atoms with Crippen LogP contribution >= 0.6 is 0 Å². The average Bonchev–Trinajstić information content (AvgIpc) is 2.68. The fraction of sp³-hybridized carbons (Fsp3) is 0.250. The Bertz CT molecular complexity index is 1020. The first-order valence-corrected chi connectivity index (χ1v) is 8.83. The van der Waals surface area contributed by atoms with Crippen LogP contribution < -0.4 is 4.90 Å². The average molecular weight is 425 g/mol. The van der Waals surface area contributed by atoms with Crippen molar-refractivity contribution in [3.63, 3.8) is 0 Å². The quantitative estimate of drug-likeness (QED) is 0.696. The molecule has 0 aromatic heterocycles. The molecular weight excluding hydrogens is 409 g/mol. The summed E-state index contributed by atoms with van der Waals surface area (Å²) in [7, 11) is 1.27. The number of amides is 2. The molecule has 0 fully saturated rings. The fourth-order valence-corrected chi connectivity index (χ4v) is 2.91. The molecule has 1 aliphatic heterocycles. The van der Waals surface area contributed by atoms with Gasteiger partial charge in [0.25, 0.3) is 0 Å². The Morgan fingerprint density at radius 2 is 1.87 bits per heavy atom. The second kappa shape index (κ2) is 8.21. The van der Waals surface area contributed by atoms with Crippen molar-refractivity contribution in [1.82, 2.24) is 5.01 Å². The molecule has 5 nitrogen and oxygen atoms in total. The Morgan fingerprint density at radius 1 is 1.13 bits per heavy atom. The first-order valence-electron chi connectivity index (χ1n) is 8.83. The monoisotopic (exact) mass is 425 g/mol. The summed E-state index contributed by atoms with van der Waals surface area (Å²) in [5.74, 6) is -2.80. The van der Waals surface area contributed by atoms with Crippen LogP contribution in [0.25, 0.3) is 0 Å². The molecule has 3 rings (SSSR count). The molecule has 0 aliphatic carbocycles. The van der Waals surface area contributed by atoms with E-state index in [-0.39, 0.29) is 29.8 Å². The SMILES string of the molecule is CN(C(=O)CN1N=C(c2ccc(F)cc2F)CCC1=O)c1cccc(C(F)(F)F)c1. The van der Waals surface area contributed by atoms with Crippen LogP contribution in [0.3, 0.4) is 0 Å². The van der Waals surface area contributed by atoms with E-state index in [9.17, 15) is 31.5 Å². The normalized spacial score (nSPS) is 14.5. The van der Waals surface area contributed by atoms with Crippen LogP contribution in [-0.2, 0) is 15.8 Å². The van der Waals surface area contributed by atoms with Crippen LogP contribution in [0.2, 0.25) is 0 Å². The second-order valence-electron chi connectivity index (χ2n) is 6.62. The third-order valence-corrected chi connectivity index (χ3v) is 4.57. The molecule has 0 saturated carbocycles. The number of halogens is 5. The zero-order valence-corrected chi connectivity index (χ0v) is 15.7. The van der Waals surface area contributed by atoms with Crippen LogP contribution in [0, 0.1) is 11.6 Å². The molecule has 158 valence electrons. The minimum absolute atomic E-state index is 0.00642. The van der Waals surface area contributed by atoms with Gasteiger partial charge in [-0.25, -0.2) is 13.8 Å². The summed E-state index contributed by atoms with van der Waals surface area (Å²) in [6.45, 7) is -0.544. The number of likely N-dealkylation sites (N-methyl/N-ethyl adjacent to an activating group) is 1. The molecule has 0 spiro atoms. The Kier molecular flexibility index (Phi) is 5.86. The maximum atomic E-state index is 14.0. The number of carbonyl (C=O) groups excluding carboxylic acids is 2. The van der Waals surface area contributed by atoms with E-state index in [2.05, 4.69) is 5.10 Å². The van der Waals surface area contributed by atoms with Crippen LogP contribution in [0.1, 0.15) is 24.0 Å². The molecule has 0 bridgehead atoms. The highest BCUT2D eigenvalue weighted by Crippen LogP contribution is 2.31. The standard InChI is InChI=1S/C20H16F5N3O2/c1-27(14-4-2-3-12(9-14)20(23,24)25)19(30)11-28-18(29)8-7-17(26-28)15-6-5-13(21)10-16(15)22/h2-6,9-10H,7-8,11H2,1H3. The van der Waals surface area contributed by atoms with Gasteiger partial charge in [-0.05, 0) is 30.3 Å². The van der Waals surface area contributed by atoms with E-state index in [1.165, 1.54) is 25.2 Å².